The second-order valence-corrected chi connectivity index (χ2v) is 13.3. The maximum atomic E-state index is 11.4. The molecule has 0 amide bonds. The molecule has 1 aliphatic rings. The SMILES string of the molecule is O=P([O-])(O)O[C@@H]1C(OP(=O)(O)O)[C@H](OP(=O)([O-])O)[C@@H](OP(=O)([O-])O)C(OP(=O)(O)O)[C@H]1OP(=O)([O-])O.[Zn+2].[Zn+2]. The summed E-state index contributed by atoms with van der Waals surface area (Å²) in [6, 6.07) is 0. The molecule has 0 aromatic rings. The van der Waals surface area contributed by atoms with E-state index >= 15 is 0 Å². The summed E-state index contributed by atoms with van der Waals surface area (Å²) < 4.78 is 91.5. The van der Waals surface area contributed by atoms with Gasteiger partial charge in [0.1, 0.15) is 36.6 Å². The van der Waals surface area contributed by atoms with Gasteiger partial charge in [0.25, 0.3) is 31.3 Å². The van der Waals surface area contributed by atoms with Crippen LogP contribution in [0.4, 0.5) is 0 Å². The first-order valence-corrected chi connectivity index (χ1v) is 17.0. The van der Waals surface area contributed by atoms with Crippen LogP contribution in [0.5, 0.6) is 0 Å². The van der Waals surface area contributed by atoms with Crippen LogP contribution in [0.3, 0.4) is 0 Å². The first-order chi connectivity index (χ1) is 15.6. The smallest absolute Gasteiger partial charge is 0.756 e. The van der Waals surface area contributed by atoms with Gasteiger partial charge >= 0.3 is 54.6 Å². The molecule has 0 aromatic heterocycles. The van der Waals surface area contributed by atoms with E-state index in [-0.39, 0.29) is 39.0 Å². The Morgan fingerprint density at radius 3 is 0.605 bits per heavy atom. The number of phosphoric ester groups is 6. The molecule has 6 unspecified atom stereocenters. The zero-order chi connectivity index (χ0) is 28.7. The van der Waals surface area contributed by atoms with Crippen molar-refractivity contribution in [1.29, 1.82) is 0 Å². The number of hydrogen-bond donors (Lipinski definition) is 8. The summed E-state index contributed by atoms with van der Waals surface area (Å²) in [7, 11) is -37.4. The number of rotatable bonds is 12. The second kappa shape index (κ2) is 14.6. The molecule has 0 bridgehead atoms. The van der Waals surface area contributed by atoms with Crippen molar-refractivity contribution in [3.63, 3.8) is 0 Å². The van der Waals surface area contributed by atoms with Gasteiger partial charge in [0.05, 0.1) is 0 Å². The summed E-state index contributed by atoms with van der Waals surface area (Å²) in [6.07, 6.45) is -19.7. The van der Waals surface area contributed by atoms with E-state index in [1.807, 2.05) is 0 Å². The standard InChI is InChI=1S/C6H18O24P6.2Zn/c7-31(8,9)25-1-2(26-32(10,11)12)4(28-34(16,17)18)6(30-36(22,23)24)5(29-35(19,20)21)3(1)27-33(13,14)15;;/h1-6H,(H2,7,8,9)(H2,10,11,12)(H2,13,14,15)(H2,16,17,18)(H2,19,20,21)(H2,22,23,24);;/q;2*+2/p-4/t1-,2-,3?,4?,5-,6-;;. The van der Waals surface area contributed by atoms with Crippen molar-refractivity contribution in [2.75, 3.05) is 0 Å². The van der Waals surface area contributed by atoms with Crippen molar-refractivity contribution in [3.05, 3.63) is 0 Å². The molecule has 0 saturated heterocycles. The molecular weight excluding hydrogens is 773 g/mol. The second-order valence-electron chi connectivity index (χ2n) is 6.28. The summed E-state index contributed by atoms with van der Waals surface area (Å²) in [5.74, 6) is 0. The van der Waals surface area contributed by atoms with Gasteiger partial charge in [-0.2, -0.15) is 0 Å². The third kappa shape index (κ3) is 16.5. The molecule has 0 aliphatic heterocycles. The Labute approximate surface area is 235 Å². The first-order valence-electron chi connectivity index (χ1n) is 7.94. The monoisotopic (exact) mass is 784 g/mol. The Hall–Kier alpha value is 1.91. The zero-order valence-electron chi connectivity index (χ0n) is 17.7. The maximum absolute atomic E-state index is 11.4. The van der Waals surface area contributed by atoms with Gasteiger partial charge in [-0.05, 0) is 0 Å². The summed E-state index contributed by atoms with van der Waals surface area (Å²) in [5.41, 5.74) is 0. The van der Waals surface area contributed by atoms with E-state index in [9.17, 15) is 47.0 Å². The summed E-state index contributed by atoms with van der Waals surface area (Å²) >= 11 is 0. The molecule has 1 rings (SSSR count). The van der Waals surface area contributed by atoms with Crippen LogP contribution in [0.25, 0.3) is 0 Å². The van der Waals surface area contributed by atoms with Crippen molar-refractivity contribution >= 4 is 46.9 Å². The molecule has 38 heavy (non-hydrogen) atoms. The van der Waals surface area contributed by atoms with Crippen LogP contribution in [0, 0.1) is 0 Å². The Kier molecular flexibility index (Phi) is 16.1. The van der Waals surface area contributed by atoms with Crippen molar-refractivity contribution in [1.82, 2.24) is 0 Å². The van der Waals surface area contributed by atoms with Crippen LogP contribution in [0.15, 0.2) is 0 Å². The third-order valence-electron chi connectivity index (χ3n) is 3.48. The van der Waals surface area contributed by atoms with E-state index in [0.29, 0.717) is 0 Å². The van der Waals surface area contributed by atoms with E-state index in [1.54, 1.807) is 0 Å². The van der Waals surface area contributed by atoms with Crippen molar-refractivity contribution in [2.24, 2.45) is 0 Å². The largest absolute Gasteiger partial charge is 2.00 e. The van der Waals surface area contributed by atoms with Gasteiger partial charge in [0.2, 0.25) is 0 Å². The van der Waals surface area contributed by atoms with Gasteiger partial charge in [0.15, 0.2) is 0 Å². The Balaban J connectivity index is 0. The third-order valence-corrected chi connectivity index (χ3v) is 6.56. The van der Waals surface area contributed by atoms with E-state index in [1.165, 1.54) is 0 Å². The molecule has 1 fully saturated rings. The van der Waals surface area contributed by atoms with E-state index in [4.69, 9.17) is 39.1 Å². The molecule has 0 heterocycles. The van der Waals surface area contributed by atoms with Crippen LogP contribution < -0.4 is 19.6 Å². The van der Waals surface area contributed by atoms with Crippen molar-refractivity contribution < 1.29 is 152 Å². The maximum Gasteiger partial charge on any atom is 2.00 e. The van der Waals surface area contributed by atoms with E-state index < -0.39 is 83.6 Å². The molecule has 8 N–H and O–H groups in total. The normalized spacial score (nSPS) is 32.8. The van der Waals surface area contributed by atoms with E-state index in [0.717, 1.165) is 0 Å². The van der Waals surface area contributed by atoms with Gasteiger partial charge < -0.3 is 76.8 Å². The average Bonchev–Trinajstić information content (AvgIpc) is 2.51. The molecule has 1 saturated carbocycles. The zero-order valence-corrected chi connectivity index (χ0v) is 29.0. The summed E-state index contributed by atoms with van der Waals surface area (Å²) in [5, 5.41) is 0. The number of phosphoric acid groups is 6. The fourth-order valence-corrected chi connectivity index (χ4v) is 6.08. The van der Waals surface area contributed by atoms with Gasteiger partial charge in [-0.1, -0.05) is 0 Å². The minimum atomic E-state index is -6.31. The van der Waals surface area contributed by atoms with Crippen LogP contribution in [-0.4, -0.2) is 75.8 Å². The van der Waals surface area contributed by atoms with Gasteiger partial charge in [-0.15, -0.1) is 0 Å². The fraction of sp³-hybridized carbons (Fsp3) is 1.00. The minimum Gasteiger partial charge on any atom is -0.756 e. The van der Waals surface area contributed by atoms with Gasteiger partial charge in [0, 0.05) is 0 Å². The van der Waals surface area contributed by atoms with Crippen LogP contribution >= 0.6 is 46.9 Å². The Morgan fingerprint density at radius 1 is 0.368 bits per heavy atom. The van der Waals surface area contributed by atoms with Crippen LogP contribution in [0.1, 0.15) is 0 Å². The van der Waals surface area contributed by atoms with E-state index in [2.05, 4.69) is 27.1 Å². The molecular formula is C6H14O24P6Zn2. The van der Waals surface area contributed by atoms with Crippen LogP contribution in [-0.2, 0) is 93.5 Å². The predicted molar refractivity (Wildman–Crippen MR) is 92.6 cm³/mol. The molecule has 0 spiro atoms. The molecule has 1 aliphatic carbocycles. The Morgan fingerprint density at radius 2 is 0.500 bits per heavy atom. The fourth-order valence-electron chi connectivity index (χ4n) is 2.77. The van der Waals surface area contributed by atoms with Crippen molar-refractivity contribution in [2.45, 2.75) is 36.6 Å². The Bertz CT molecular complexity index is 829. The molecule has 216 valence electrons. The topological polar surface area (TPSA) is 412 Å². The quantitative estimate of drug-likeness (QED) is 0.0675. The summed E-state index contributed by atoms with van der Waals surface area (Å²) in [6.45, 7) is 0. The molecule has 0 aromatic carbocycles. The summed E-state index contributed by atoms with van der Waals surface area (Å²) in [4.78, 5) is 117. The molecule has 0 radical (unpaired) electrons. The first kappa shape index (κ1) is 42.0. The molecule has 32 heteroatoms. The predicted octanol–water partition coefficient (Wildman–Crippen LogP) is -5.67. The molecule has 10 atom stereocenters. The van der Waals surface area contributed by atoms with Gasteiger partial charge in [-0.25, -0.2) is 9.13 Å². The number of hydrogen-bond acceptors (Lipinski definition) is 16. The van der Waals surface area contributed by atoms with Crippen LogP contribution in [0.2, 0.25) is 0 Å². The minimum absolute atomic E-state index is 0. The molecule has 24 nitrogen and oxygen atoms in total. The average molecular weight is 787 g/mol. The van der Waals surface area contributed by atoms with Gasteiger partial charge in [-0.3, -0.25) is 27.3 Å². The van der Waals surface area contributed by atoms with Crippen molar-refractivity contribution in [3.8, 4) is 0 Å².